The molecule has 0 radical (unpaired) electrons. The van der Waals surface area contributed by atoms with Crippen LogP contribution in [-0.2, 0) is 29.1 Å². The Bertz CT molecular complexity index is 1160. The molecule has 1 aliphatic heterocycles. The Morgan fingerprint density at radius 2 is 1.85 bits per heavy atom. The van der Waals surface area contributed by atoms with E-state index in [9.17, 15) is 14.0 Å². The van der Waals surface area contributed by atoms with Crippen LogP contribution >= 0.6 is 11.3 Å². The average molecular weight is 466 g/mol. The summed E-state index contributed by atoms with van der Waals surface area (Å²) in [6.07, 6.45) is 1.72. The highest BCUT2D eigenvalue weighted by Crippen LogP contribution is 2.41. The van der Waals surface area contributed by atoms with E-state index in [2.05, 4.69) is 0 Å². The zero-order chi connectivity index (χ0) is 22.8. The number of rotatable bonds is 7. The van der Waals surface area contributed by atoms with E-state index >= 15 is 0 Å². The van der Waals surface area contributed by atoms with Crippen molar-refractivity contribution in [3.05, 3.63) is 88.0 Å². The van der Waals surface area contributed by atoms with E-state index in [1.54, 1.807) is 18.2 Å². The number of ketones is 1. The molecule has 1 atom stereocenters. The molecule has 1 aliphatic carbocycles. The Morgan fingerprint density at radius 1 is 1.09 bits per heavy atom. The van der Waals surface area contributed by atoms with Gasteiger partial charge in [0.1, 0.15) is 12.4 Å². The molecule has 2 heterocycles. The van der Waals surface area contributed by atoms with Crippen LogP contribution in [0.2, 0.25) is 0 Å². The minimum atomic E-state index is -0.748. The van der Waals surface area contributed by atoms with E-state index in [1.165, 1.54) is 17.4 Å². The molecule has 2 aromatic carbocycles. The number of carbonyl (C=O) groups is 2. The van der Waals surface area contributed by atoms with Gasteiger partial charge in [0.15, 0.2) is 10.8 Å². The largest absolute Gasteiger partial charge is 0.514 e. The molecule has 0 bridgehead atoms. The van der Waals surface area contributed by atoms with E-state index in [-0.39, 0.29) is 24.1 Å². The number of hydrogen-bond donors (Lipinski definition) is 0. The maximum atomic E-state index is 14.6. The molecule has 5 nitrogen and oxygen atoms in total. The van der Waals surface area contributed by atoms with Crippen LogP contribution in [0.3, 0.4) is 0 Å². The van der Waals surface area contributed by atoms with Gasteiger partial charge in [0.2, 0.25) is 0 Å². The van der Waals surface area contributed by atoms with Gasteiger partial charge < -0.3 is 9.47 Å². The monoisotopic (exact) mass is 465 g/mol. The summed E-state index contributed by atoms with van der Waals surface area (Å²) in [5.41, 5.74) is 2.33. The second kappa shape index (κ2) is 9.45. The van der Waals surface area contributed by atoms with Crippen molar-refractivity contribution in [1.29, 1.82) is 0 Å². The highest BCUT2D eigenvalue weighted by molar-refractivity contribution is 7.14. The summed E-state index contributed by atoms with van der Waals surface area (Å²) in [7, 11) is 0. The number of carbonyl (C=O) groups excluding carboxylic acids is 2. The molecule has 33 heavy (non-hydrogen) atoms. The molecule has 1 saturated carbocycles. The predicted octanol–water partition coefficient (Wildman–Crippen LogP) is 5.68. The van der Waals surface area contributed by atoms with Crippen molar-refractivity contribution in [3.8, 4) is 5.06 Å². The van der Waals surface area contributed by atoms with Gasteiger partial charge in [-0.1, -0.05) is 48.5 Å². The third-order valence-electron chi connectivity index (χ3n) is 6.07. The van der Waals surface area contributed by atoms with Gasteiger partial charge >= 0.3 is 6.16 Å². The maximum Gasteiger partial charge on any atom is 0.514 e. The Labute approximate surface area is 195 Å². The van der Waals surface area contributed by atoms with Crippen LogP contribution in [-0.4, -0.2) is 23.4 Å². The van der Waals surface area contributed by atoms with Crippen LogP contribution in [0.15, 0.2) is 60.7 Å². The summed E-state index contributed by atoms with van der Waals surface area (Å²) in [5, 5.41) is 0.468. The van der Waals surface area contributed by atoms with Crippen molar-refractivity contribution in [2.45, 2.75) is 38.5 Å². The molecule has 2 aliphatic rings. The number of ether oxygens (including phenoxy) is 2. The van der Waals surface area contributed by atoms with Gasteiger partial charge in [-0.05, 0) is 42.5 Å². The van der Waals surface area contributed by atoms with Crippen molar-refractivity contribution in [1.82, 2.24) is 4.90 Å². The van der Waals surface area contributed by atoms with Crippen molar-refractivity contribution in [2.24, 2.45) is 5.92 Å². The lowest BCUT2D eigenvalue weighted by atomic mass is 9.95. The number of benzene rings is 2. The van der Waals surface area contributed by atoms with Crippen LogP contribution in [0.5, 0.6) is 5.06 Å². The number of thiophene rings is 1. The van der Waals surface area contributed by atoms with E-state index in [0.29, 0.717) is 30.1 Å². The third-order valence-corrected chi connectivity index (χ3v) is 7.19. The van der Waals surface area contributed by atoms with Crippen molar-refractivity contribution in [2.75, 3.05) is 6.54 Å². The molecule has 0 saturated heterocycles. The first-order valence-corrected chi connectivity index (χ1v) is 11.9. The Kier molecular flexibility index (Phi) is 6.24. The quantitative estimate of drug-likeness (QED) is 0.420. The lowest BCUT2D eigenvalue weighted by Crippen LogP contribution is -2.38. The molecule has 7 heteroatoms. The molecule has 3 aromatic rings. The van der Waals surface area contributed by atoms with Gasteiger partial charge in [0.25, 0.3) is 0 Å². The minimum absolute atomic E-state index is 0.0248. The summed E-state index contributed by atoms with van der Waals surface area (Å²) >= 11 is 1.42. The number of fused-ring (bicyclic) bond motifs is 1. The van der Waals surface area contributed by atoms with E-state index in [0.717, 1.165) is 28.8 Å². The van der Waals surface area contributed by atoms with Crippen LogP contribution in [0.1, 0.15) is 40.5 Å². The fraction of sp³-hybridized carbons (Fsp3) is 0.308. The molecular formula is C26H24FNO4S. The van der Waals surface area contributed by atoms with Crippen molar-refractivity contribution < 1.29 is 23.5 Å². The molecule has 1 aromatic heterocycles. The second-order valence-corrected chi connectivity index (χ2v) is 9.56. The van der Waals surface area contributed by atoms with Gasteiger partial charge in [-0.25, -0.2) is 9.18 Å². The molecule has 0 spiro atoms. The lowest BCUT2D eigenvalue weighted by molar-refractivity contribution is -0.126. The molecule has 1 fully saturated rings. The van der Waals surface area contributed by atoms with Crippen molar-refractivity contribution in [3.63, 3.8) is 0 Å². The van der Waals surface area contributed by atoms with Crippen LogP contribution < -0.4 is 4.74 Å². The summed E-state index contributed by atoms with van der Waals surface area (Å²) in [5.74, 6) is -0.228. The number of Topliss-reactive ketones (excluding diaryl/α,β-unsaturated/α-hetero) is 1. The zero-order valence-corrected chi connectivity index (χ0v) is 18.9. The summed E-state index contributed by atoms with van der Waals surface area (Å²) < 4.78 is 25.2. The SMILES string of the molecule is O=C(OCc1ccccc1)Oc1cc2c(s1)CCN(C(C(=O)C1CC1)c1ccccc1F)C2. The van der Waals surface area contributed by atoms with Gasteiger partial charge in [0.05, 0.1) is 6.04 Å². The Hall–Kier alpha value is -3.03. The van der Waals surface area contributed by atoms with E-state index in [1.807, 2.05) is 41.3 Å². The molecule has 5 rings (SSSR count). The van der Waals surface area contributed by atoms with Crippen LogP contribution in [0.25, 0.3) is 0 Å². The van der Waals surface area contributed by atoms with Gasteiger partial charge in [0, 0.05) is 29.4 Å². The standard InChI is InChI=1S/C26H24FNO4S/c27-21-9-5-4-8-20(21)24(25(29)18-10-11-18)28-13-12-22-19(15-28)14-23(33-22)32-26(30)31-16-17-6-2-1-3-7-17/h1-9,14,18,24H,10-13,15-16H2. The fourth-order valence-electron chi connectivity index (χ4n) is 4.24. The number of hydrogen-bond acceptors (Lipinski definition) is 6. The average Bonchev–Trinajstić information content (AvgIpc) is 3.60. The predicted molar refractivity (Wildman–Crippen MR) is 123 cm³/mol. The van der Waals surface area contributed by atoms with E-state index < -0.39 is 12.2 Å². The van der Waals surface area contributed by atoms with Gasteiger partial charge in [-0.2, -0.15) is 0 Å². The van der Waals surface area contributed by atoms with E-state index in [4.69, 9.17) is 9.47 Å². The minimum Gasteiger partial charge on any atom is -0.429 e. The zero-order valence-electron chi connectivity index (χ0n) is 18.0. The molecule has 0 amide bonds. The van der Waals surface area contributed by atoms with Gasteiger partial charge in [-0.15, -0.1) is 11.3 Å². The number of halogens is 1. The van der Waals surface area contributed by atoms with Crippen molar-refractivity contribution >= 4 is 23.3 Å². The van der Waals surface area contributed by atoms with Crippen LogP contribution in [0, 0.1) is 11.7 Å². The molecular weight excluding hydrogens is 441 g/mol. The first kappa shape index (κ1) is 21.8. The molecule has 1 unspecified atom stereocenters. The Morgan fingerprint density at radius 3 is 2.61 bits per heavy atom. The number of nitrogens with zero attached hydrogens (tertiary/aromatic N) is 1. The maximum absolute atomic E-state index is 14.6. The van der Waals surface area contributed by atoms with Gasteiger partial charge in [-0.3, -0.25) is 9.69 Å². The Balaban J connectivity index is 1.28. The summed E-state index contributed by atoms with van der Waals surface area (Å²) in [6, 6.07) is 17.2. The first-order valence-electron chi connectivity index (χ1n) is 11.1. The normalized spacial score (nSPS) is 16.6. The third kappa shape index (κ3) is 4.99. The first-order chi connectivity index (χ1) is 16.1. The fourth-order valence-corrected chi connectivity index (χ4v) is 5.25. The highest BCUT2D eigenvalue weighted by Gasteiger charge is 2.40. The second-order valence-electron chi connectivity index (χ2n) is 8.46. The van der Waals surface area contributed by atoms with Crippen LogP contribution in [0.4, 0.5) is 9.18 Å². The smallest absolute Gasteiger partial charge is 0.429 e. The topological polar surface area (TPSA) is 55.8 Å². The summed E-state index contributed by atoms with van der Waals surface area (Å²) in [4.78, 5) is 28.4. The lowest BCUT2D eigenvalue weighted by Gasteiger charge is -2.34. The summed E-state index contributed by atoms with van der Waals surface area (Å²) in [6.45, 7) is 1.29. The molecule has 0 N–H and O–H groups in total. The highest BCUT2D eigenvalue weighted by atomic mass is 32.1. The molecule has 170 valence electrons.